The van der Waals surface area contributed by atoms with Crippen LogP contribution in [0.2, 0.25) is 0 Å². The molecular formula is C12H14N4O3S. The molecule has 8 heteroatoms. The minimum Gasteiger partial charge on any atom is -0.481 e. The molecule has 2 aromatic rings. The molecule has 0 saturated heterocycles. The standard InChI is InChI=1S/C12H14N4O3S/c1-8-14-15-10-3-2-9(6-16(8)10)12(19)13-4-5-20-7-11(17)18/h2-3,6H,4-5,7H2,1H3,(H,13,19)(H,17,18). The summed E-state index contributed by atoms with van der Waals surface area (Å²) in [6.07, 6.45) is 1.68. The van der Waals surface area contributed by atoms with Crippen molar-refractivity contribution in [3.63, 3.8) is 0 Å². The van der Waals surface area contributed by atoms with E-state index in [9.17, 15) is 9.59 Å². The molecule has 2 heterocycles. The van der Waals surface area contributed by atoms with E-state index in [-0.39, 0.29) is 11.7 Å². The van der Waals surface area contributed by atoms with Gasteiger partial charge < -0.3 is 10.4 Å². The summed E-state index contributed by atoms with van der Waals surface area (Å²) in [6.45, 7) is 2.24. The Morgan fingerprint density at radius 1 is 1.40 bits per heavy atom. The predicted molar refractivity (Wildman–Crippen MR) is 75.0 cm³/mol. The molecule has 0 aliphatic carbocycles. The lowest BCUT2D eigenvalue weighted by Gasteiger charge is -2.05. The highest BCUT2D eigenvalue weighted by Gasteiger charge is 2.08. The van der Waals surface area contributed by atoms with Gasteiger partial charge in [-0.15, -0.1) is 22.0 Å². The Bertz CT molecular complexity index is 641. The van der Waals surface area contributed by atoms with Crippen molar-refractivity contribution in [1.29, 1.82) is 0 Å². The average Bonchev–Trinajstić information content (AvgIpc) is 2.79. The second kappa shape index (κ2) is 6.38. The van der Waals surface area contributed by atoms with Crippen molar-refractivity contribution in [3.8, 4) is 0 Å². The molecule has 2 rings (SSSR count). The Kier molecular flexibility index (Phi) is 4.57. The van der Waals surface area contributed by atoms with E-state index in [0.29, 0.717) is 29.3 Å². The molecule has 7 nitrogen and oxygen atoms in total. The highest BCUT2D eigenvalue weighted by molar-refractivity contribution is 7.99. The Morgan fingerprint density at radius 2 is 2.20 bits per heavy atom. The molecule has 0 unspecified atom stereocenters. The second-order valence-electron chi connectivity index (χ2n) is 4.10. The van der Waals surface area contributed by atoms with Crippen LogP contribution in [0.1, 0.15) is 16.2 Å². The first kappa shape index (κ1) is 14.3. The number of amides is 1. The summed E-state index contributed by atoms with van der Waals surface area (Å²) in [5, 5.41) is 19.1. The number of aliphatic carboxylic acids is 1. The van der Waals surface area contributed by atoms with Crippen molar-refractivity contribution in [2.24, 2.45) is 0 Å². The summed E-state index contributed by atoms with van der Waals surface area (Å²) in [4.78, 5) is 22.3. The van der Waals surface area contributed by atoms with Crippen LogP contribution in [0, 0.1) is 6.92 Å². The molecule has 1 amide bonds. The van der Waals surface area contributed by atoms with Gasteiger partial charge in [0.15, 0.2) is 5.65 Å². The summed E-state index contributed by atoms with van der Waals surface area (Å²) < 4.78 is 1.74. The van der Waals surface area contributed by atoms with E-state index in [2.05, 4.69) is 15.5 Å². The number of nitrogens with zero attached hydrogens (tertiary/aromatic N) is 3. The van der Waals surface area contributed by atoms with Gasteiger partial charge in [0.05, 0.1) is 11.3 Å². The molecule has 0 atom stereocenters. The lowest BCUT2D eigenvalue weighted by Crippen LogP contribution is -2.26. The number of rotatable bonds is 6. The average molecular weight is 294 g/mol. The van der Waals surface area contributed by atoms with Crippen LogP contribution in [-0.4, -0.2) is 49.6 Å². The zero-order valence-electron chi connectivity index (χ0n) is 10.9. The van der Waals surface area contributed by atoms with Crippen molar-refractivity contribution in [3.05, 3.63) is 29.7 Å². The van der Waals surface area contributed by atoms with Crippen molar-refractivity contribution in [2.45, 2.75) is 6.92 Å². The molecule has 2 aromatic heterocycles. The maximum Gasteiger partial charge on any atom is 0.313 e. The lowest BCUT2D eigenvalue weighted by atomic mass is 10.2. The zero-order chi connectivity index (χ0) is 14.5. The van der Waals surface area contributed by atoms with Crippen molar-refractivity contribution in [2.75, 3.05) is 18.1 Å². The number of nitrogens with one attached hydrogen (secondary N) is 1. The van der Waals surface area contributed by atoms with Gasteiger partial charge in [-0.2, -0.15) is 0 Å². The van der Waals surface area contributed by atoms with E-state index in [0.717, 1.165) is 0 Å². The molecule has 0 spiro atoms. The number of hydrogen-bond acceptors (Lipinski definition) is 5. The molecule has 0 bridgehead atoms. The Hall–Kier alpha value is -2.09. The maximum atomic E-state index is 11.9. The lowest BCUT2D eigenvalue weighted by molar-refractivity contribution is -0.133. The third-order valence-electron chi connectivity index (χ3n) is 2.59. The van der Waals surface area contributed by atoms with Gasteiger partial charge in [-0.05, 0) is 19.1 Å². The van der Waals surface area contributed by atoms with Gasteiger partial charge in [0, 0.05) is 18.5 Å². The number of carbonyl (C=O) groups is 2. The predicted octanol–water partition coefficient (Wildman–Crippen LogP) is 0.585. The number of thioether (sulfide) groups is 1. The van der Waals surface area contributed by atoms with Gasteiger partial charge in [0.25, 0.3) is 5.91 Å². The molecular weight excluding hydrogens is 280 g/mol. The van der Waals surface area contributed by atoms with Crippen LogP contribution in [0.4, 0.5) is 0 Å². The number of carboxylic acids is 1. The van der Waals surface area contributed by atoms with Crippen LogP contribution in [-0.2, 0) is 4.79 Å². The first-order chi connectivity index (χ1) is 9.58. The van der Waals surface area contributed by atoms with E-state index in [4.69, 9.17) is 5.11 Å². The summed E-state index contributed by atoms with van der Waals surface area (Å²) in [5.41, 5.74) is 1.21. The summed E-state index contributed by atoms with van der Waals surface area (Å²) >= 11 is 1.27. The minimum atomic E-state index is -0.852. The van der Waals surface area contributed by atoms with Crippen LogP contribution in [0.3, 0.4) is 0 Å². The Morgan fingerprint density at radius 3 is 2.95 bits per heavy atom. The van der Waals surface area contributed by atoms with Gasteiger partial charge in [-0.25, -0.2) is 0 Å². The number of carbonyl (C=O) groups excluding carboxylic acids is 1. The first-order valence-electron chi connectivity index (χ1n) is 5.97. The van der Waals surface area contributed by atoms with E-state index >= 15 is 0 Å². The fourth-order valence-corrected chi connectivity index (χ4v) is 2.20. The highest BCUT2D eigenvalue weighted by atomic mass is 32.2. The normalized spacial score (nSPS) is 10.7. The monoisotopic (exact) mass is 294 g/mol. The minimum absolute atomic E-state index is 0.0434. The molecule has 2 N–H and O–H groups in total. The Labute approximate surface area is 119 Å². The molecule has 0 saturated carbocycles. The molecule has 0 fully saturated rings. The SMILES string of the molecule is Cc1nnc2ccc(C(=O)NCCSCC(=O)O)cn12. The first-order valence-corrected chi connectivity index (χ1v) is 7.12. The van der Waals surface area contributed by atoms with Crippen molar-refractivity contribution >= 4 is 29.3 Å². The smallest absolute Gasteiger partial charge is 0.313 e. The fourth-order valence-electron chi connectivity index (χ4n) is 1.64. The zero-order valence-corrected chi connectivity index (χ0v) is 11.7. The van der Waals surface area contributed by atoms with Gasteiger partial charge >= 0.3 is 5.97 Å². The number of carboxylic acid groups (broad SMARTS) is 1. The number of hydrogen-bond donors (Lipinski definition) is 2. The second-order valence-corrected chi connectivity index (χ2v) is 5.20. The fraction of sp³-hybridized carbons (Fsp3) is 0.333. The molecule has 0 radical (unpaired) electrons. The summed E-state index contributed by atoms with van der Waals surface area (Å²) in [6, 6.07) is 3.41. The molecule has 20 heavy (non-hydrogen) atoms. The number of fused-ring (bicyclic) bond motifs is 1. The molecule has 0 aliphatic heterocycles. The third kappa shape index (κ3) is 3.47. The van der Waals surface area contributed by atoms with E-state index in [1.165, 1.54) is 11.8 Å². The van der Waals surface area contributed by atoms with Crippen molar-refractivity contribution < 1.29 is 14.7 Å². The maximum absolute atomic E-state index is 11.9. The summed E-state index contributed by atoms with van der Waals surface area (Å²) in [5.74, 6) is 0.269. The van der Waals surface area contributed by atoms with Gasteiger partial charge in [0.2, 0.25) is 0 Å². The van der Waals surface area contributed by atoms with E-state index < -0.39 is 5.97 Å². The van der Waals surface area contributed by atoms with Crippen LogP contribution < -0.4 is 5.32 Å². The third-order valence-corrected chi connectivity index (χ3v) is 3.54. The number of aryl methyl sites for hydroxylation is 1. The van der Waals surface area contributed by atoms with E-state index in [1.54, 1.807) is 22.7 Å². The Balaban J connectivity index is 1.90. The largest absolute Gasteiger partial charge is 0.481 e. The number of aromatic nitrogens is 3. The van der Waals surface area contributed by atoms with Crippen LogP contribution >= 0.6 is 11.8 Å². The van der Waals surface area contributed by atoms with Crippen molar-refractivity contribution in [1.82, 2.24) is 19.9 Å². The summed E-state index contributed by atoms with van der Waals surface area (Å²) in [7, 11) is 0. The van der Waals surface area contributed by atoms with Gasteiger partial charge in [-0.1, -0.05) is 0 Å². The quantitative estimate of drug-likeness (QED) is 0.757. The van der Waals surface area contributed by atoms with Crippen LogP contribution in [0.5, 0.6) is 0 Å². The van der Waals surface area contributed by atoms with Crippen LogP contribution in [0.25, 0.3) is 5.65 Å². The van der Waals surface area contributed by atoms with Crippen LogP contribution in [0.15, 0.2) is 18.3 Å². The molecule has 0 aromatic carbocycles. The highest BCUT2D eigenvalue weighted by Crippen LogP contribution is 2.06. The van der Waals surface area contributed by atoms with Gasteiger partial charge in [0.1, 0.15) is 5.82 Å². The molecule has 0 aliphatic rings. The topological polar surface area (TPSA) is 96.6 Å². The van der Waals surface area contributed by atoms with E-state index in [1.807, 2.05) is 6.92 Å². The molecule has 106 valence electrons. The van der Waals surface area contributed by atoms with Gasteiger partial charge in [-0.3, -0.25) is 14.0 Å². The number of pyridine rings is 1.